The molecule has 0 aliphatic carbocycles. The summed E-state index contributed by atoms with van der Waals surface area (Å²) in [7, 11) is 1.75. The number of nitrogens with one attached hydrogen (secondary N) is 2. The van der Waals surface area contributed by atoms with E-state index < -0.39 is 0 Å². The maximum Gasteiger partial charge on any atom is 0.305 e. The van der Waals surface area contributed by atoms with Crippen LogP contribution in [0.15, 0.2) is 27.8 Å². The molecule has 1 aromatic heterocycles. The van der Waals surface area contributed by atoms with Crippen LogP contribution in [0.3, 0.4) is 0 Å². The van der Waals surface area contributed by atoms with Gasteiger partial charge in [-0.1, -0.05) is 0 Å². The summed E-state index contributed by atoms with van der Waals surface area (Å²) in [4.78, 5) is 18.0. The number of ether oxygens (including phenoxy) is 1. The molecule has 1 atom stereocenters. The monoisotopic (exact) mass is 478 g/mol. The van der Waals surface area contributed by atoms with E-state index in [2.05, 4.69) is 20.5 Å². The average molecular weight is 478 g/mol. The summed E-state index contributed by atoms with van der Waals surface area (Å²) >= 11 is 0. The largest absolute Gasteiger partial charge is 0.468 e. The molecule has 2 rings (SSSR count). The normalized spacial score (nSPS) is 16.0. The maximum atomic E-state index is 11.3. The molecule has 1 fully saturated rings. The highest BCUT2D eigenvalue weighted by molar-refractivity contribution is 14.0. The fraction of sp³-hybridized carbons (Fsp3) is 0.667. The SMILES string of the molecule is CCOC(=O)CCCNC(=NC)NCC(c1ccco1)N1CCCC1.I. The van der Waals surface area contributed by atoms with E-state index >= 15 is 0 Å². The van der Waals surface area contributed by atoms with E-state index in [1.807, 2.05) is 19.1 Å². The minimum absolute atomic E-state index is 0. The lowest BCUT2D eigenvalue weighted by Crippen LogP contribution is -2.42. The molecule has 1 saturated heterocycles. The molecular weight excluding hydrogens is 447 g/mol. The van der Waals surface area contributed by atoms with Crippen molar-refractivity contribution >= 4 is 35.9 Å². The Morgan fingerprint density at radius 1 is 1.38 bits per heavy atom. The van der Waals surface area contributed by atoms with E-state index in [4.69, 9.17) is 9.15 Å². The number of furan rings is 1. The number of rotatable bonds is 9. The van der Waals surface area contributed by atoms with Crippen LogP contribution >= 0.6 is 24.0 Å². The van der Waals surface area contributed by atoms with Gasteiger partial charge in [0.05, 0.1) is 18.9 Å². The van der Waals surface area contributed by atoms with Crippen molar-refractivity contribution in [2.45, 2.75) is 38.6 Å². The molecule has 2 N–H and O–H groups in total. The van der Waals surface area contributed by atoms with Crippen LogP contribution in [0, 0.1) is 0 Å². The molecule has 1 unspecified atom stereocenters. The van der Waals surface area contributed by atoms with Gasteiger partial charge in [-0.05, 0) is 51.4 Å². The summed E-state index contributed by atoms with van der Waals surface area (Å²) < 4.78 is 10.6. The zero-order valence-corrected chi connectivity index (χ0v) is 18.0. The Morgan fingerprint density at radius 2 is 2.15 bits per heavy atom. The van der Waals surface area contributed by atoms with Crippen molar-refractivity contribution < 1.29 is 13.9 Å². The standard InChI is InChI=1S/C18H30N4O3.HI/c1-3-24-17(23)9-6-10-20-18(19-2)21-14-15(16-8-7-13-25-16)22-11-4-5-12-22;/h7-8,13,15H,3-6,9-12,14H2,1-2H3,(H2,19,20,21);1H. The van der Waals surface area contributed by atoms with Crippen LogP contribution in [0.5, 0.6) is 0 Å². The summed E-state index contributed by atoms with van der Waals surface area (Å²) in [5, 5.41) is 6.61. The van der Waals surface area contributed by atoms with Crippen molar-refractivity contribution in [2.75, 3.05) is 39.8 Å². The Balaban J connectivity index is 0.00000338. The number of carbonyl (C=O) groups excluding carboxylic acids is 1. The zero-order chi connectivity index (χ0) is 17.9. The molecule has 0 radical (unpaired) electrons. The van der Waals surface area contributed by atoms with E-state index in [9.17, 15) is 4.79 Å². The predicted octanol–water partition coefficient (Wildman–Crippen LogP) is 2.54. The first-order valence-corrected chi connectivity index (χ1v) is 9.12. The van der Waals surface area contributed by atoms with Crippen molar-refractivity contribution in [1.29, 1.82) is 0 Å². The van der Waals surface area contributed by atoms with Crippen LogP contribution in [0.4, 0.5) is 0 Å². The highest BCUT2D eigenvalue weighted by atomic mass is 127. The van der Waals surface area contributed by atoms with Gasteiger partial charge in [0.25, 0.3) is 0 Å². The Bertz CT molecular complexity index is 531. The maximum absolute atomic E-state index is 11.3. The first-order chi connectivity index (χ1) is 12.2. The van der Waals surface area contributed by atoms with Gasteiger partial charge in [-0.3, -0.25) is 14.7 Å². The lowest BCUT2D eigenvalue weighted by Gasteiger charge is -2.26. The van der Waals surface area contributed by atoms with Crippen LogP contribution in [0.25, 0.3) is 0 Å². The molecule has 7 nitrogen and oxygen atoms in total. The third-order valence-electron chi connectivity index (χ3n) is 4.29. The van der Waals surface area contributed by atoms with Crippen LogP contribution in [0.1, 0.15) is 44.4 Å². The Hall–Kier alpha value is -1.29. The number of halogens is 1. The van der Waals surface area contributed by atoms with Gasteiger partial charge in [-0.15, -0.1) is 24.0 Å². The second-order valence-corrected chi connectivity index (χ2v) is 6.06. The smallest absolute Gasteiger partial charge is 0.305 e. The van der Waals surface area contributed by atoms with E-state index in [1.165, 1.54) is 12.8 Å². The second kappa shape index (κ2) is 13.0. The van der Waals surface area contributed by atoms with Gasteiger partial charge >= 0.3 is 5.97 Å². The number of nitrogens with zero attached hydrogens (tertiary/aromatic N) is 2. The molecule has 0 spiro atoms. The fourth-order valence-electron chi connectivity index (χ4n) is 3.03. The third-order valence-corrected chi connectivity index (χ3v) is 4.29. The lowest BCUT2D eigenvalue weighted by molar-refractivity contribution is -0.143. The summed E-state index contributed by atoms with van der Waals surface area (Å²) in [6.07, 6.45) is 5.32. The van der Waals surface area contributed by atoms with E-state index in [0.29, 0.717) is 26.0 Å². The van der Waals surface area contributed by atoms with E-state index in [-0.39, 0.29) is 36.0 Å². The van der Waals surface area contributed by atoms with Crippen LogP contribution in [-0.4, -0.2) is 56.7 Å². The molecule has 2 heterocycles. The summed E-state index contributed by atoms with van der Waals surface area (Å²) in [6, 6.07) is 4.16. The average Bonchev–Trinajstić information content (AvgIpc) is 3.31. The zero-order valence-electron chi connectivity index (χ0n) is 15.7. The molecule has 0 bridgehead atoms. The van der Waals surface area contributed by atoms with Crippen LogP contribution < -0.4 is 10.6 Å². The molecule has 0 saturated carbocycles. The molecule has 0 aromatic carbocycles. The molecule has 1 aliphatic heterocycles. The number of carbonyl (C=O) groups is 1. The molecule has 1 aromatic rings. The molecular formula is C18H31IN4O3. The second-order valence-electron chi connectivity index (χ2n) is 6.06. The van der Waals surface area contributed by atoms with Crippen molar-refractivity contribution in [3.63, 3.8) is 0 Å². The molecule has 148 valence electrons. The van der Waals surface area contributed by atoms with Crippen molar-refractivity contribution in [2.24, 2.45) is 4.99 Å². The van der Waals surface area contributed by atoms with Crippen molar-refractivity contribution in [3.8, 4) is 0 Å². The number of likely N-dealkylation sites (tertiary alicyclic amines) is 1. The Kier molecular flexibility index (Phi) is 11.3. The number of aliphatic imine (C=N–C) groups is 1. The Morgan fingerprint density at radius 3 is 2.77 bits per heavy atom. The summed E-state index contributed by atoms with van der Waals surface area (Å²) in [6.45, 7) is 5.84. The van der Waals surface area contributed by atoms with Gasteiger partial charge < -0.3 is 19.8 Å². The highest BCUT2D eigenvalue weighted by Crippen LogP contribution is 2.24. The van der Waals surface area contributed by atoms with Gasteiger partial charge in [0.1, 0.15) is 5.76 Å². The quantitative estimate of drug-likeness (QED) is 0.187. The molecule has 26 heavy (non-hydrogen) atoms. The topological polar surface area (TPSA) is 79.1 Å². The predicted molar refractivity (Wildman–Crippen MR) is 113 cm³/mol. The van der Waals surface area contributed by atoms with E-state index in [0.717, 1.165) is 31.4 Å². The van der Waals surface area contributed by atoms with Gasteiger partial charge in [0, 0.05) is 26.6 Å². The highest BCUT2D eigenvalue weighted by Gasteiger charge is 2.25. The molecule has 1 aliphatic rings. The van der Waals surface area contributed by atoms with E-state index in [1.54, 1.807) is 13.3 Å². The van der Waals surface area contributed by atoms with Gasteiger partial charge in [-0.25, -0.2) is 0 Å². The third kappa shape index (κ3) is 7.53. The van der Waals surface area contributed by atoms with Gasteiger partial charge in [0.15, 0.2) is 5.96 Å². The van der Waals surface area contributed by atoms with Gasteiger partial charge in [0.2, 0.25) is 0 Å². The summed E-state index contributed by atoms with van der Waals surface area (Å²) in [5.41, 5.74) is 0. The molecule has 0 amide bonds. The first-order valence-electron chi connectivity index (χ1n) is 9.12. The lowest BCUT2D eigenvalue weighted by atomic mass is 10.2. The fourth-order valence-corrected chi connectivity index (χ4v) is 3.03. The van der Waals surface area contributed by atoms with Crippen LogP contribution in [-0.2, 0) is 9.53 Å². The number of hydrogen-bond donors (Lipinski definition) is 2. The Labute approximate surface area is 173 Å². The van der Waals surface area contributed by atoms with Crippen molar-refractivity contribution in [3.05, 3.63) is 24.2 Å². The summed E-state index contributed by atoms with van der Waals surface area (Å²) in [5.74, 6) is 1.56. The van der Waals surface area contributed by atoms with Crippen molar-refractivity contribution in [1.82, 2.24) is 15.5 Å². The minimum Gasteiger partial charge on any atom is -0.468 e. The van der Waals surface area contributed by atoms with Crippen LogP contribution in [0.2, 0.25) is 0 Å². The van der Waals surface area contributed by atoms with Gasteiger partial charge in [-0.2, -0.15) is 0 Å². The first kappa shape index (κ1) is 22.8. The number of esters is 1. The minimum atomic E-state index is -0.154. The number of guanidine groups is 1. The number of hydrogen-bond acceptors (Lipinski definition) is 5. The molecule has 8 heteroatoms.